The lowest BCUT2D eigenvalue weighted by atomic mass is 10.2. The first kappa shape index (κ1) is 17.4. The molecule has 0 aliphatic carbocycles. The van der Waals surface area contributed by atoms with Crippen molar-refractivity contribution in [1.29, 1.82) is 0 Å². The van der Waals surface area contributed by atoms with Crippen molar-refractivity contribution < 1.29 is 9.21 Å². The number of nitrogens with zero attached hydrogens (tertiary/aromatic N) is 7. The number of piperazine rings is 1. The van der Waals surface area contributed by atoms with Gasteiger partial charge < -0.3 is 14.2 Å². The van der Waals surface area contributed by atoms with Crippen LogP contribution in [0.5, 0.6) is 0 Å². The standard InChI is InChI=1S/C20H19N7O2/c1-14-4-6-15(7-5-14)27-19-17(23-24-27)18(21-13-22-19)25-8-10-26(11-9-25)20(28)16-3-2-12-29-16/h2-7,12-13H,8-11H2,1H3. The number of hydrogen-bond donors (Lipinski definition) is 0. The second-order valence-electron chi connectivity index (χ2n) is 6.96. The van der Waals surface area contributed by atoms with Crippen LogP contribution in [0.3, 0.4) is 0 Å². The molecular weight excluding hydrogens is 370 g/mol. The van der Waals surface area contributed by atoms with E-state index in [2.05, 4.69) is 25.2 Å². The zero-order valence-corrected chi connectivity index (χ0v) is 15.9. The Kier molecular flexibility index (Phi) is 4.19. The van der Waals surface area contributed by atoms with Crippen molar-refractivity contribution in [2.45, 2.75) is 6.92 Å². The average molecular weight is 389 g/mol. The number of hydrogen-bond acceptors (Lipinski definition) is 7. The molecule has 146 valence electrons. The molecule has 1 amide bonds. The molecule has 1 fully saturated rings. The Morgan fingerprint density at radius 3 is 2.55 bits per heavy atom. The summed E-state index contributed by atoms with van der Waals surface area (Å²) in [7, 11) is 0. The predicted molar refractivity (Wildman–Crippen MR) is 106 cm³/mol. The number of benzene rings is 1. The quantitative estimate of drug-likeness (QED) is 0.529. The Hall–Kier alpha value is -3.75. The lowest BCUT2D eigenvalue weighted by molar-refractivity contribution is 0.0714. The van der Waals surface area contributed by atoms with E-state index in [9.17, 15) is 4.79 Å². The summed E-state index contributed by atoms with van der Waals surface area (Å²) < 4.78 is 6.94. The second-order valence-corrected chi connectivity index (χ2v) is 6.96. The summed E-state index contributed by atoms with van der Waals surface area (Å²) in [5.41, 5.74) is 3.39. The molecule has 1 aliphatic rings. The topological polar surface area (TPSA) is 93.2 Å². The molecule has 1 saturated heterocycles. The summed E-state index contributed by atoms with van der Waals surface area (Å²) in [5, 5.41) is 8.63. The maximum absolute atomic E-state index is 12.5. The van der Waals surface area contributed by atoms with Gasteiger partial charge in [-0.1, -0.05) is 22.9 Å². The lowest BCUT2D eigenvalue weighted by Crippen LogP contribution is -2.49. The van der Waals surface area contributed by atoms with Crippen LogP contribution in [0.1, 0.15) is 16.1 Å². The number of carbonyl (C=O) groups excluding carboxylic acids is 1. The fourth-order valence-electron chi connectivity index (χ4n) is 3.51. The van der Waals surface area contributed by atoms with Crippen LogP contribution in [0.15, 0.2) is 53.4 Å². The third-order valence-corrected chi connectivity index (χ3v) is 5.10. The Morgan fingerprint density at radius 1 is 1.03 bits per heavy atom. The van der Waals surface area contributed by atoms with Crippen LogP contribution < -0.4 is 4.90 Å². The number of furan rings is 1. The van der Waals surface area contributed by atoms with Crippen molar-refractivity contribution in [2.24, 2.45) is 0 Å². The van der Waals surface area contributed by atoms with Crippen molar-refractivity contribution in [3.8, 4) is 5.69 Å². The minimum atomic E-state index is -0.0900. The molecule has 9 heteroatoms. The molecule has 0 atom stereocenters. The fourth-order valence-corrected chi connectivity index (χ4v) is 3.51. The fraction of sp³-hybridized carbons (Fsp3) is 0.250. The number of carbonyl (C=O) groups is 1. The molecule has 9 nitrogen and oxygen atoms in total. The maximum atomic E-state index is 12.5. The molecule has 4 heterocycles. The summed E-state index contributed by atoms with van der Waals surface area (Å²) >= 11 is 0. The van der Waals surface area contributed by atoms with Gasteiger partial charge in [0.25, 0.3) is 5.91 Å². The van der Waals surface area contributed by atoms with Crippen molar-refractivity contribution in [1.82, 2.24) is 29.9 Å². The van der Waals surface area contributed by atoms with Crippen LogP contribution in [-0.4, -0.2) is 61.9 Å². The van der Waals surface area contributed by atoms with E-state index in [1.54, 1.807) is 21.7 Å². The Bertz CT molecular complexity index is 1140. The van der Waals surface area contributed by atoms with Gasteiger partial charge in [-0.05, 0) is 31.2 Å². The Labute approximate surface area is 166 Å². The maximum Gasteiger partial charge on any atom is 0.289 e. The molecule has 4 aromatic rings. The summed E-state index contributed by atoms with van der Waals surface area (Å²) in [5.74, 6) is 1.01. The monoisotopic (exact) mass is 389 g/mol. The second kappa shape index (κ2) is 7.01. The first-order valence-electron chi connectivity index (χ1n) is 9.42. The highest BCUT2D eigenvalue weighted by Gasteiger charge is 2.26. The van der Waals surface area contributed by atoms with Crippen LogP contribution in [0.25, 0.3) is 16.9 Å². The molecule has 0 saturated carbocycles. The number of aromatic nitrogens is 5. The van der Waals surface area contributed by atoms with Gasteiger partial charge in [-0.2, -0.15) is 4.68 Å². The molecule has 29 heavy (non-hydrogen) atoms. The zero-order valence-electron chi connectivity index (χ0n) is 15.9. The first-order valence-corrected chi connectivity index (χ1v) is 9.42. The molecule has 0 bridgehead atoms. The van der Waals surface area contributed by atoms with E-state index >= 15 is 0 Å². The minimum Gasteiger partial charge on any atom is -0.459 e. The third-order valence-electron chi connectivity index (χ3n) is 5.10. The van der Waals surface area contributed by atoms with Gasteiger partial charge in [-0.3, -0.25) is 4.79 Å². The molecule has 0 N–H and O–H groups in total. The van der Waals surface area contributed by atoms with E-state index in [1.807, 2.05) is 31.2 Å². The van der Waals surface area contributed by atoms with Gasteiger partial charge in [0, 0.05) is 26.2 Å². The van der Waals surface area contributed by atoms with Gasteiger partial charge in [0.05, 0.1) is 12.0 Å². The first-order chi connectivity index (χ1) is 14.2. The van der Waals surface area contributed by atoms with E-state index in [0.717, 1.165) is 11.5 Å². The van der Waals surface area contributed by atoms with Gasteiger partial charge in [0.2, 0.25) is 0 Å². The van der Waals surface area contributed by atoms with E-state index in [-0.39, 0.29) is 5.91 Å². The molecule has 3 aromatic heterocycles. The van der Waals surface area contributed by atoms with Gasteiger partial charge in [0.15, 0.2) is 22.7 Å². The van der Waals surface area contributed by atoms with Crippen molar-refractivity contribution in [2.75, 3.05) is 31.1 Å². The number of aryl methyl sites for hydroxylation is 1. The Balaban J connectivity index is 1.39. The molecular formula is C20H19N7O2. The summed E-state index contributed by atoms with van der Waals surface area (Å²) in [6.07, 6.45) is 3.05. The minimum absolute atomic E-state index is 0.0900. The number of amides is 1. The van der Waals surface area contributed by atoms with E-state index in [4.69, 9.17) is 4.42 Å². The number of anilines is 1. The van der Waals surface area contributed by atoms with E-state index < -0.39 is 0 Å². The molecule has 1 aromatic carbocycles. The number of rotatable bonds is 3. The summed E-state index contributed by atoms with van der Waals surface area (Å²) in [4.78, 5) is 25.2. The molecule has 0 spiro atoms. The smallest absolute Gasteiger partial charge is 0.289 e. The van der Waals surface area contributed by atoms with Gasteiger partial charge in [-0.15, -0.1) is 5.10 Å². The summed E-state index contributed by atoms with van der Waals surface area (Å²) in [6.45, 7) is 4.50. The normalized spacial score (nSPS) is 14.5. The van der Waals surface area contributed by atoms with Crippen molar-refractivity contribution in [3.05, 3.63) is 60.3 Å². The van der Waals surface area contributed by atoms with Crippen LogP contribution in [-0.2, 0) is 0 Å². The van der Waals surface area contributed by atoms with Crippen molar-refractivity contribution >= 4 is 22.9 Å². The van der Waals surface area contributed by atoms with Gasteiger partial charge in [-0.25, -0.2) is 9.97 Å². The lowest BCUT2D eigenvalue weighted by Gasteiger charge is -2.34. The average Bonchev–Trinajstić information content (AvgIpc) is 3.44. The van der Waals surface area contributed by atoms with E-state index in [1.165, 1.54) is 18.2 Å². The Morgan fingerprint density at radius 2 is 1.83 bits per heavy atom. The van der Waals surface area contributed by atoms with Crippen LogP contribution in [0.2, 0.25) is 0 Å². The zero-order chi connectivity index (χ0) is 19.8. The molecule has 0 unspecified atom stereocenters. The molecule has 5 rings (SSSR count). The number of fused-ring (bicyclic) bond motifs is 1. The summed E-state index contributed by atoms with van der Waals surface area (Å²) in [6, 6.07) is 11.4. The largest absolute Gasteiger partial charge is 0.459 e. The third kappa shape index (κ3) is 3.10. The van der Waals surface area contributed by atoms with Gasteiger partial charge in [0.1, 0.15) is 6.33 Å². The highest BCUT2D eigenvalue weighted by Crippen LogP contribution is 2.24. The highest BCUT2D eigenvalue weighted by molar-refractivity contribution is 5.91. The van der Waals surface area contributed by atoms with Crippen molar-refractivity contribution in [3.63, 3.8) is 0 Å². The predicted octanol–water partition coefficient (Wildman–Crippen LogP) is 2.07. The molecule has 1 aliphatic heterocycles. The van der Waals surface area contributed by atoms with Crippen LogP contribution >= 0.6 is 0 Å². The van der Waals surface area contributed by atoms with Crippen LogP contribution in [0.4, 0.5) is 5.82 Å². The molecule has 0 radical (unpaired) electrons. The van der Waals surface area contributed by atoms with Crippen LogP contribution in [0, 0.1) is 6.92 Å². The van der Waals surface area contributed by atoms with Gasteiger partial charge >= 0.3 is 0 Å². The van der Waals surface area contributed by atoms with E-state index in [0.29, 0.717) is 43.1 Å². The SMILES string of the molecule is Cc1ccc(-n2nnc3c(N4CCN(C(=O)c5ccco5)CC4)ncnc32)cc1. The highest BCUT2D eigenvalue weighted by atomic mass is 16.3.